The lowest BCUT2D eigenvalue weighted by Crippen LogP contribution is -2.33. The Bertz CT molecular complexity index is 1900. The third-order valence-corrected chi connectivity index (χ3v) is 13.9. The lowest BCUT2D eigenvalue weighted by atomic mass is 9.92. The summed E-state index contributed by atoms with van der Waals surface area (Å²) in [5.41, 5.74) is 20.5. The van der Waals surface area contributed by atoms with Crippen molar-refractivity contribution >= 4 is 23.1 Å². The van der Waals surface area contributed by atoms with E-state index in [2.05, 4.69) is 116 Å². The van der Waals surface area contributed by atoms with Crippen molar-refractivity contribution in [2.45, 2.75) is 68.2 Å². The first-order valence-electron chi connectivity index (χ1n) is 15.2. The molecule has 5 aromatic carbocycles. The Labute approximate surface area is 251 Å². The topological polar surface area (TPSA) is 17.1 Å². The van der Waals surface area contributed by atoms with Gasteiger partial charge in [0.25, 0.3) is 0 Å². The van der Waals surface area contributed by atoms with Crippen LogP contribution in [0.15, 0.2) is 66.7 Å². The maximum absolute atomic E-state index is 16.7. The van der Waals surface area contributed by atoms with Crippen LogP contribution in [-0.2, 0) is 17.4 Å². The molecule has 0 atom stereocenters. The van der Waals surface area contributed by atoms with Crippen molar-refractivity contribution in [1.82, 2.24) is 0 Å². The van der Waals surface area contributed by atoms with Gasteiger partial charge in [-0.2, -0.15) is 0 Å². The van der Waals surface area contributed by atoms with E-state index >= 15 is 4.57 Å². The monoisotopic (exact) mass is 566 g/mol. The van der Waals surface area contributed by atoms with Crippen molar-refractivity contribution < 1.29 is 4.57 Å². The summed E-state index contributed by atoms with van der Waals surface area (Å²) in [6, 6.07) is 24.1. The molecule has 0 saturated heterocycles. The summed E-state index contributed by atoms with van der Waals surface area (Å²) in [7, 11) is -3.31. The second-order valence-corrected chi connectivity index (χ2v) is 15.4. The molecule has 0 N–H and O–H groups in total. The third kappa shape index (κ3) is 3.59. The van der Waals surface area contributed by atoms with Gasteiger partial charge >= 0.3 is 0 Å². The van der Waals surface area contributed by atoms with E-state index < -0.39 is 7.14 Å². The van der Waals surface area contributed by atoms with Crippen LogP contribution in [0.1, 0.15) is 66.8 Å². The zero-order valence-electron chi connectivity index (χ0n) is 26.1. The van der Waals surface area contributed by atoms with Crippen molar-refractivity contribution in [2.24, 2.45) is 0 Å². The fourth-order valence-electron chi connectivity index (χ4n) is 7.90. The second kappa shape index (κ2) is 9.42. The Morgan fingerprint density at radius 3 is 1.36 bits per heavy atom. The van der Waals surface area contributed by atoms with Gasteiger partial charge in [-0.15, -0.1) is 0 Å². The highest BCUT2D eigenvalue weighted by Crippen LogP contribution is 2.54. The number of rotatable bonds is 3. The van der Waals surface area contributed by atoms with Crippen LogP contribution in [0.25, 0.3) is 22.3 Å². The minimum Gasteiger partial charge on any atom is -0.309 e. The van der Waals surface area contributed by atoms with Gasteiger partial charge in [-0.05, 0) is 146 Å². The van der Waals surface area contributed by atoms with Crippen LogP contribution >= 0.6 is 7.14 Å². The van der Waals surface area contributed by atoms with Crippen molar-refractivity contribution in [3.63, 3.8) is 0 Å². The fourth-order valence-corrected chi connectivity index (χ4v) is 11.7. The van der Waals surface area contributed by atoms with E-state index in [1.165, 1.54) is 89.0 Å². The van der Waals surface area contributed by atoms with Gasteiger partial charge < -0.3 is 4.57 Å². The standard InChI is InChI=1S/C40H39OP/c1-22-14-16-30-20-35-37(33(30)18-22)26(5)24(3)28(7)39(35)42(41,32-12-10-9-11-13-32)40-29(8)25(4)27(6)38-34-19-23(2)15-17-31(34)21-36(38)40/h9-19H,20-21H2,1-8H3. The Hall–Kier alpha value is -3.67. The minimum absolute atomic E-state index is 0.824. The third-order valence-electron chi connectivity index (χ3n) is 10.4. The molecule has 210 valence electrons. The summed E-state index contributed by atoms with van der Waals surface area (Å²) in [5.74, 6) is 0. The predicted octanol–water partition coefficient (Wildman–Crippen LogP) is 8.94. The Morgan fingerprint density at radius 1 is 0.500 bits per heavy atom. The quantitative estimate of drug-likeness (QED) is 0.195. The number of hydrogen-bond acceptors (Lipinski definition) is 1. The molecule has 42 heavy (non-hydrogen) atoms. The normalized spacial score (nSPS) is 13.1. The molecule has 0 unspecified atom stereocenters. The van der Waals surface area contributed by atoms with E-state index in [1.54, 1.807) is 0 Å². The van der Waals surface area contributed by atoms with Crippen LogP contribution in [0.3, 0.4) is 0 Å². The largest absolute Gasteiger partial charge is 0.309 e. The molecule has 2 heteroatoms. The average Bonchev–Trinajstić information content (AvgIpc) is 3.53. The summed E-state index contributed by atoms with van der Waals surface area (Å²) in [6.07, 6.45) is 1.65. The average molecular weight is 567 g/mol. The zero-order valence-corrected chi connectivity index (χ0v) is 27.0. The smallest absolute Gasteiger partial charge is 0.172 e. The van der Waals surface area contributed by atoms with Gasteiger partial charge in [0, 0.05) is 15.9 Å². The lowest BCUT2D eigenvalue weighted by Gasteiger charge is -2.31. The van der Waals surface area contributed by atoms with Crippen LogP contribution in [0.4, 0.5) is 0 Å². The molecule has 0 fully saturated rings. The van der Waals surface area contributed by atoms with Crippen LogP contribution in [0.2, 0.25) is 0 Å². The fraction of sp³-hybridized carbons (Fsp3) is 0.250. The summed E-state index contributed by atoms with van der Waals surface area (Å²) >= 11 is 0. The molecule has 0 aliphatic heterocycles. The summed E-state index contributed by atoms with van der Waals surface area (Å²) in [5, 5.41) is 3.08. The highest BCUT2D eigenvalue weighted by Gasteiger charge is 2.42. The Morgan fingerprint density at radius 2 is 0.929 bits per heavy atom. The van der Waals surface area contributed by atoms with E-state index in [9.17, 15) is 0 Å². The summed E-state index contributed by atoms with van der Waals surface area (Å²) < 4.78 is 16.7. The van der Waals surface area contributed by atoms with Gasteiger partial charge in [0.15, 0.2) is 7.14 Å². The molecule has 0 amide bonds. The van der Waals surface area contributed by atoms with Crippen molar-refractivity contribution in [2.75, 3.05) is 0 Å². The second-order valence-electron chi connectivity index (χ2n) is 12.8. The molecule has 5 aromatic rings. The van der Waals surface area contributed by atoms with Gasteiger partial charge in [-0.25, -0.2) is 0 Å². The Kier molecular flexibility index (Phi) is 6.09. The summed E-state index contributed by atoms with van der Waals surface area (Å²) in [4.78, 5) is 0. The van der Waals surface area contributed by atoms with Crippen molar-refractivity contribution in [1.29, 1.82) is 0 Å². The maximum Gasteiger partial charge on any atom is 0.172 e. The molecular formula is C40H39OP. The van der Waals surface area contributed by atoms with E-state index in [0.29, 0.717) is 0 Å². The molecule has 2 aliphatic rings. The zero-order chi connectivity index (χ0) is 29.7. The van der Waals surface area contributed by atoms with Crippen LogP contribution in [-0.4, -0.2) is 0 Å². The van der Waals surface area contributed by atoms with Crippen LogP contribution in [0.5, 0.6) is 0 Å². The van der Waals surface area contributed by atoms with E-state index in [4.69, 9.17) is 0 Å². The Balaban J connectivity index is 1.65. The van der Waals surface area contributed by atoms with Gasteiger partial charge in [0.2, 0.25) is 0 Å². The first-order chi connectivity index (χ1) is 20.0. The molecule has 0 radical (unpaired) electrons. The van der Waals surface area contributed by atoms with E-state index in [1.807, 2.05) is 6.07 Å². The predicted molar refractivity (Wildman–Crippen MR) is 180 cm³/mol. The minimum atomic E-state index is -3.31. The molecule has 0 heterocycles. The number of aryl methyl sites for hydroxylation is 2. The molecule has 0 bridgehead atoms. The van der Waals surface area contributed by atoms with Crippen molar-refractivity contribution in [3.05, 3.63) is 133 Å². The molecule has 0 spiro atoms. The van der Waals surface area contributed by atoms with Crippen LogP contribution < -0.4 is 15.9 Å². The first-order valence-corrected chi connectivity index (χ1v) is 16.9. The lowest BCUT2D eigenvalue weighted by molar-refractivity contribution is 0.592. The van der Waals surface area contributed by atoms with Gasteiger partial charge in [0.05, 0.1) is 0 Å². The van der Waals surface area contributed by atoms with E-state index in [0.717, 1.165) is 28.8 Å². The summed E-state index contributed by atoms with van der Waals surface area (Å²) in [6.45, 7) is 17.8. The first kappa shape index (κ1) is 27.2. The molecule has 0 saturated carbocycles. The molecule has 7 rings (SSSR count). The number of hydrogen-bond donors (Lipinski definition) is 0. The number of fused-ring (bicyclic) bond motifs is 6. The molecule has 1 nitrogen and oxygen atoms in total. The van der Waals surface area contributed by atoms with Crippen LogP contribution in [0, 0.1) is 55.4 Å². The van der Waals surface area contributed by atoms with Gasteiger partial charge in [-0.3, -0.25) is 0 Å². The SMILES string of the molecule is Cc1ccc2c(c1)-c1c(C)c(C)c(C)c(P(=O)(c3ccccc3)c3c(C)c(C)c(C)c4c3Cc3ccc(C)cc3-4)c1C2. The highest BCUT2D eigenvalue weighted by atomic mass is 31.2. The highest BCUT2D eigenvalue weighted by molar-refractivity contribution is 7.85. The molecule has 0 aromatic heterocycles. The number of benzene rings is 5. The molecular weight excluding hydrogens is 527 g/mol. The maximum atomic E-state index is 16.7. The van der Waals surface area contributed by atoms with Crippen molar-refractivity contribution in [3.8, 4) is 22.3 Å². The van der Waals surface area contributed by atoms with Gasteiger partial charge in [0.1, 0.15) is 0 Å². The van der Waals surface area contributed by atoms with E-state index in [-0.39, 0.29) is 0 Å². The molecule has 2 aliphatic carbocycles. The van der Waals surface area contributed by atoms with Gasteiger partial charge in [-0.1, -0.05) is 77.9 Å².